The molecule has 0 atom stereocenters. The molecule has 1 aliphatic heterocycles. The third-order valence-corrected chi connectivity index (χ3v) is 6.99. The molecule has 2 heterocycles. The number of amides is 3. The molecule has 3 aromatic rings. The monoisotopic (exact) mass is 515 g/mol. The summed E-state index contributed by atoms with van der Waals surface area (Å²) in [4.78, 5) is 35.9. The van der Waals surface area contributed by atoms with E-state index in [-0.39, 0.29) is 24.2 Å². The minimum Gasteiger partial charge on any atom is -0.367 e. The number of hydrogen-bond donors (Lipinski definition) is 1. The van der Waals surface area contributed by atoms with Crippen molar-refractivity contribution in [1.82, 2.24) is 14.8 Å². The Balaban J connectivity index is 1.37. The van der Waals surface area contributed by atoms with Crippen molar-refractivity contribution < 1.29 is 14.0 Å². The number of thiazole rings is 1. The second-order valence-corrected chi connectivity index (χ2v) is 9.84. The number of carbonyl (C=O) groups excluding carboxylic acids is 2. The van der Waals surface area contributed by atoms with Gasteiger partial charge in [0.15, 0.2) is 0 Å². The Hall–Kier alpha value is -3.17. The molecule has 1 fully saturated rings. The van der Waals surface area contributed by atoms with Crippen LogP contribution < -0.4 is 10.2 Å². The average Bonchev–Trinajstić information content (AvgIpc) is 3.32. The zero-order valence-corrected chi connectivity index (χ0v) is 21.2. The zero-order chi connectivity index (χ0) is 24.9. The van der Waals surface area contributed by atoms with Crippen molar-refractivity contribution in [3.8, 4) is 0 Å². The van der Waals surface area contributed by atoms with E-state index in [2.05, 4.69) is 15.2 Å². The summed E-state index contributed by atoms with van der Waals surface area (Å²) in [6.45, 7) is 6.47. The molecular weight excluding hydrogens is 489 g/mol. The Morgan fingerprint density at radius 1 is 1.11 bits per heavy atom. The lowest BCUT2D eigenvalue weighted by molar-refractivity contribution is 0.0741. The number of rotatable bonds is 6. The van der Waals surface area contributed by atoms with Crippen LogP contribution in [0.3, 0.4) is 0 Å². The summed E-state index contributed by atoms with van der Waals surface area (Å²) in [5.41, 5.74) is 1.46. The first-order valence-corrected chi connectivity index (χ1v) is 12.6. The molecular formula is C25H27ClFN5O2S. The zero-order valence-electron chi connectivity index (χ0n) is 19.6. The lowest BCUT2D eigenvalue weighted by atomic mass is 10.2. The van der Waals surface area contributed by atoms with Gasteiger partial charge in [-0.05, 0) is 38.1 Å². The van der Waals surface area contributed by atoms with E-state index in [0.29, 0.717) is 41.9 Å². The molecule has 35 heavy (non-hydrogen) atoms. The first-order valence-electron chi connectivity index (χ1n) is 11.4. The highest BCUT2D eigenvalue weighted by Gasteiger charge is 2.26. The van der Waals surface area contributed by atoms with Crippen molar-refractivity contribution in [2.45, 2.75) is 26.4 Å². The van der Waals surface area contributed by atoms with E-state index in [9.17, 15) is 14.0 Å². The van der Waals surface area contributed by atoms with Crippen molar-refractivity contribution in [2.24, 2.45) is 0 Å². The fourth-order valence-electron chi connectivity index (χ4n) is 3.89. The quantitative estimate of drug-likeness (QED) is 0.481. The van der Waals surface area contributed by atoms with E-state index in [1.165, 1.54) is 23.5 Å². The molecule has 1 aromatic heterocycles. The van der Waals surface area contributed by atoms with Crippen LogP contribution in [0.15, 0.2) is 53.9 Å². The van der Waals surface area contributed by atoms with Gasteiger partial charge in [0.05, 0.1) is 22.9 Å². The van der Waals surface area contributed by atoms with Gasteiger partial charge < -0.3 is 20.0 Å². The number of para-hydroxylation sites is 2. The number of hydrogen-bond acceptors (Lipinski definition) is 5. The number of benzene rings is 2. The first kappa shape index (κ1) is 24.9. The van der Waals surface area contributed by atoms with Gasteiger partial charge >= 0.3 is 6.03 Å². The molecule has 0 aliphatic carbocycles. The maximum Gasteiger partial charge on any atom is 0.322 e. The smallest absolute Gasteiger partial charge is 0.322 e. The van der Waals surface area contributed by atoms with Gasteiger partial charge in [0, 0.05) is 37.6 Å². The van der Waals surface area contributed by atoms with Crippen LogP contribution in [0.5, 0.6) is 0 Å². The Morgan fingerprint density at radius 3 is 2.49 bits per heavy atom. The molecule has 0 radical (unpaired) electrons. The van der Waals surface area contributed by atoms with Crippen molar-refractivity contribution in [2.75, 3.05) is 36.4 Å². The summed E-state index contributed by atoms with van der Waals surface area (Å²) in [6, 6.07) is 13.1. The fraction of sp³-hybridized carbons (Fsp3) is 0.320. The number of nitrogens with zero attached hydrogens (tertiary/aromatic N) is 4. The highest BCUT2D eigenvalue weighted by Crippen LogP contribution is 2.26. The van der Waals surface area contributed by atoms with E-state index in [1.807, 2.05) is 38.1 Å². The molecule has 10 heteroatoms. The lowest BCUT2D eigenvalue weighted by Crippen LogP contribution is -2.49. The average molecular weight is 516 g/mol. The van der Waals surface area contributed by atoms with Gasteiger partial charge in [0.2, 0.25) is 0 Å². The van der Waals surface area contributed by atoms with E-state index in [1.54, 1.807) is 27.3 Å². The largest absolute Gasteiger partial charge is 0.367 e. The van der Waals surface area contributed by atoms with Crippen molar-refractivity contribution in [1.29, 1.82) is 0 Å². The standard InChI is InChI=1S/C25H27ClFN5O2S/c1-17(2)32(25(34)29-20-9-5-4-8-19(20)27)15-23-28-21(16-35-23)24(33)31-13-11-30(12-14-31)22-10-6-3-7-18(22)26/h3-10,16-17H,11-15H2,1-2H3,(H,29,34). The molecule has 4 rings (SSSR count). The van der Waals surface area contributed by atoms with Crippen LogP contribution in [0.4, 0.5) is 20.6 Å². The molecule has 0 spiro atoms. The third-order valence-electron chi connectivity index (χ3n) is 5.84. The number of aromatic nitrogens is 1. The summed E-state index contributed by atoms with van der Waals surface area (Å²) < 4.78 is 14.0. The number of urea groups is 1. The summed E-state index contributed by atoms with van der Waals surface area (Å²) in [7, 11) is 0. The van der Waals surface area contributed by atoms with Crippen LogP contribution >= 0.6 is 22.9 Å². The van der Waals surface area contributed by atoms with Crippen LogP contribution in [0.25, 0.3) is 0 Å². The summed E-state index contributed by atoms with van der Waals surface area (Å²) >= 11 is 7.64. The molecule has 1 aliphatic rings. The molecule has 184 valence electrons. The predicted molar refractivity (Wildman–Crippen MR) is 138 cm³/mol. The number of anilines is 2. The van der Waals surface area contributed by atoms with Gasteiger partial charge in [-0.15, -0.1) is 11.3 Å². The summed E-state index contributed by atoms with van der Waals surface area (Å²) in [5, 5.41) is 5.68. The second-order valence-electron chi connectivity index (χ2n) is 8.49. The maximum atomic E-state index is 14.0. The van der Waals surface area contributed by atoms with Gasteiger partial charge in [0.25, 0.3) is 5.91 Å². The number of piperazine rings is 1. The van der Waals surface area contributed by atoms with E-state index >= 15 is 0 Å². The lowest BCUT2D eigenvalue weighted by Gasteiger charge is -2.36. The minimum atomic E-state index is -0.499. The normalized spacial score (nSPS) is 13.7. The predicted octanol–water partition coefficient (Wildman–Crippen LogP) is 5.34. The van der Waals surface area contributed by atoms with Crippen molar-refractivity contribution in [3.05, 3.63) is 75.5 Å². The van der Waals surface area contributed by atoms with Crippen LogP contribution in [0, 0.1) is 5.82 Å². The van der Waals surface area contributed by atoms with Gasteiger partial charge in [-0.3, -0.25) is 4.79 Å². The Kier molecular flexibility index (Phi) is 7.87. The van der Waals surface area contributed by atoms with Gasteiger partial charge in [0.1, 0.15) is 16.5 Å². The molecule has 0 saturated carbocycles. The van der Waals surface area contributed by atoms with Crippen LogP contribution in [-0.2, 0) is 6.54 Å². The molecule has 7 nitrogen and oxygen atoms in total. The minimum absolute atomic E-state index is 0.120. The second kappa shape index (κ2) is 11.0. The summed E-state index contributed by atoms with van der Waals surface area (Å²) in [5.74, 6) is -0.625. The molecule has 3 amide bonds. The Bertz CT molecular complexity index is 1200. The highest BCUT2D eigenvalue weighted by molar-refractivity contribution is 7.09. The van der Waals surface area contributed by atoms with E-state index < -0.39 is 11.8 Å². The Morgan fingerprint density at radius 2 is 1.80 bits per heavy atom. The number of nitrogens with one attached hydrogen (secondary N) is 1. The summed E-state index contributed by atoms with van der Waals surface area (Å²) in [6.07, 6.45) is 0. The SMILES string of the molecule is CC(C)N(Cc1nc(C(=O)N2CCN(c3ccccc3Cl)CC2)cs1)C(=O)Nc1ccccc1F. The van der Waals surface area contributed by atoms with Gasteiger partial charge in [-0.25, -0.2) is 14.2 Å². The topological polar surface area (TPSA) is 68.8 Å². The molecule has 0 bridgehead atoms. The van der Waals surface area contributed by atoms with Crippen LogP contribution in [0.2, 0.25) is 5.02 Å². The van der Waals surface area contributed by atoms with Crippen molar-refractivity contribution in [3.63, 3.8) is 0 Å². The number of carbonyl (C=O) groups is 2. The third kappa shape index (κ3) is 5.91. The van der Waals surface area contributed by atoms with Crippen LogP contribution in [0.1, 0.15) is 29.3 Å². The van der Waals surface area contributed by atoms with Crippen molar-refractivity contribution >= 4 is 46.3 Å². The Labute approximate surface area is 213 Å². The van der Waals surface area contributed by atoms with Gasteiger partial charge in [-0.2, -0.15) is 0 Å². The number of halogens is 2. The van der Waals surface area contributed by atoms with E-state index in [0.717, 1.165) is 5.69 Å². The van der Waals surface area contributed by atoms with Crippen LogP contribution in [-0.4, -0.2) is 58.9 Å². The van der Waals surface area contributed by atoms with E-state index in [4.69, 9.17) is 11.6 Å². The highest BCUT2D eigenvalue weighted by atomic mass is 35.5. The molecule has 0 unspecified atom stereocenters. The van der Waals surface area contributed by atoms with Gasteiger partial charge in [-0.1, -0.05) is 35.9 Å². The molecule has 1 saturated heterocycles. The maximum absolute atomic E-state index is 14.0. The molecule has 1 N–H and O–H groups in total. The molecule has 2 aromatic carbocycles. The first-order chi connectivity index (χ1) is 16.8. The fourth-order valence-corrected chi connectivity index (χ4v) is 4.91.